The summed E-state index contributed by atoms with van der Waals surface area (Å²) >= 11 is 7.66. The maximum Gasteiger partial charge on any atom is 0.0928 e. The Bertz CT molecular complexity index is 238. The van der Waals surface area contributed by atoms with Crippen LogP contribution < -0.4 is 0 Å². The highest BCUT2D eigenvalue weighted by molar-refractivity contribution is 7.09. The third-order valence-corrected chi connectivity index (χ3v) is 3.49. The standard InChI is InChI=1S/C10H16ClNS/c1-10(2,3)8(7-11)6-9-12-4-5-13-9/h4-5,8H,6-7H2,1-3H3. The average Bonchev–Trinajstić information content (AvgIpc) is 2.49. The number of rotatable bonds is 3. The number of aromatic nitrogens is 1. The fourth-order valence-electron chi connectivity index (χ4n) is 1.16. The van der Waals surface area contributed by atoms with Gasteiger partial charge in [0.25, 0.3) is 0 Å². The summed E-state index contributed by atoms with van der Waals surface area (Å²) in [4.78, 5) is 4.28. The molecule has 0 aliphatic carbocycles. The summed E-state index contributed by atoms with van der Waals surface area (Å²) in [5.41, 5.74) is 0.271. The number of nitrogens with zero attached hydrogens (tertiary/aromatic N) is 1. The molecule has 0 spiro atoms. The molecule has 0 saturated carbocycles. The number of thiazole rings is 1. The minimum Gasteiger partial charge on any atom is -0.250 e. The second-order valence-corrected chi connectivity index (χ2v) is 5.63. The highest BCUT2D eigenvalue weighted by Gasteiger charge is 2.24. The molecule has 1 heterocycles. The van der Waals surface area contributed by atoms with E-state index in [9.17, 15) is 0 Å². The fourth-order valence-corrected chi connectivity index (χ4v) is 2.43. The summed E-state index contributed by atoms with van der Waals surface area (Å²) in [7, 11) is 0. The van der Waals surface area contributed by atoms with Crippen LogP contribution in [0.15, 0.2) is 11.6 Å². The number of alkyl halides is 1. The molecule has 0 aromatic carbocycles. The lowest BCUT2D eigenvalue weighted by Crippen LogP contribution is -2.24. The highest BCUT2D eigenvalue weighted by Crippen LogP contribution is 2.30. The summed E-state index contributed by atoms with van der Waals surface area (Å²) in [6, 6.07) is 0. The van der Waals surface area contributed by atoms with Gasteiger partial charge in [-0.05, 0) is 11.3 Å². The molecule has 0 N–H and O–H groups in total. The molecule has 1 aromatic rings. The van der Waals surface area contributed by atoms with Crippen LogP contribution in [0.5, 0.6) is 0 Å². The van der Waals surface area contributed by atoms with E-state index < -0.39 is 0 Å². The Kier molecular flexibility index (Phi) is 3.74. The molecule has 0 radical (unpaired) electrons. The maximum absolute atomic E-state index is 5.95. The van der Waals surface area contributed by atoms with Gasteiger partial charge in [-0.3, -0.25) is 0 Å². The molecular formula is C10H16ClNS. The van der Waals surface area contributed by atoms with Crippen LogP contribution in [0, 0.1) is 11.3 Å². The topological polar surface area (TPSA) is 12.9 Å². The first-order valence-electron chi connectivity index (χ1n) is 4.48. The van der Waals surface area contributed by atoms with Crippen LogP contribution in [0.2, 0.25) is 0 Å². The van der Waals surface area contributed by atoms with E-state index in [-0.39, 0.29) is 5.41 Å². The zero-order valence-electron chi connectivity index (χ0n) is 8.38. The highest BCUT2D eigenvalue weighted by atomic mass is 35.5. The molecule has 74 valence electrons. The molecule has 1 unspecified atom stereocenters. The Hall–Kier alpha value is -0.0800. The molecule has 1 rings (SSSR count). The smallest absolute Gasteiger partial charge is 0.0928 e. The third-order valence-electron chi connectivity index (χ3n) is 2.32. The van der Waals surface area contributed by atoms with E-state index in [4.69, 9.17) is 11.6 Å². The lowest BCUT2D eigenvalue weighted by atomic mass is 9.80. The van der Waals surface area contributed by atoms with Crippen LogP contribution in [0.4, 0.5) is 0 Å². The van der Waals surface area contributed by atoms with Crippen molar-refractivity contribution in [2.24, 2.45) is 11.3 Å². The third kappa shape index (κ3) is 3.28. The van der Waals surface area contributed by atoms with Gasteiger partial charge in [-0.1, -0.05) is 20.8 Å². The van der Waals surface area contributed by atoms with Gasteiger partial charge in [0.1, 0.15) is 0 Å². The first-order valence-corrected chi connectivity index (χ1v) is 5.90. The Labute approximate surface area is 89.1 Å². The summed E-state index contributed by atoms with van der Waals surface area (Å²) in [5, 5.41) is 3.21. The Morgan fingerprint density at radius 2 is 2.23 bits per heavy atom. The van der Waals surface area contributed by atoms with Gasteiger partial charge in [0.15, 0.2) is 0 Å². The van der Waals surface area contributed by atoms with E-state index in [0.717, 1.165) is 6.42 Å². The van der Waals surface area contributed by atoms with Gasteiger partial charge in [0.2, 0.25) is 0 Å². The van der Waals surface area contributed by atoms with Crippen molar-refractivity contribution in [1.82, 2.24) is 4.98 Å². The second kappa shape index (κ2) is 4.43. The van der Waals surface area contributed by atoms with E-state index >= 15 is 0 Å². The quantitative estimate of drug-likeness (QED) is 0.706. The van der Waals surface area contributed by atoms with Crippen molar-refractivity contribution >= 4 is 22.9 Å². The Morgan fingerprint density at radius 1 is 1.54 bits per heavy atom. The first kappa shape index (κ1) is 11.0. The first-order chi connectivity index (χ1) is 6.04. The molecule has 1 nitrogen and oxygen atoms in total. The van der Waals surface area contributed by atoms with Gasteiger partial charge in [-0.25, -0.2) is 4.98 Å². The number of hydrogen-bond acceptors (Lipinski definition) is 2. The van der Waals surface area contributed by atoms with Gasteiger partial charge >= 0.3 is 0 Å². The van der Waals surface area contributed by atoms with Crippen molar-refractivity contribution in [3.05, 3.63) is 16.6 Å². The second-order valence-electron chi connectivity index (χ2n) is 4.35. The molecule has 0 fully saturated rings. The van der Waals surface area contributed by atoms with Crippen molar-refractivity contribution in [2.75, 3.05) is 5.88 Å². The molecule has 0 saturated heterocycles. The normalized spacial score (nSPS) is 14.5. The SMILES string of the molecule is CC(C)(C)C(CCl)Cc1nccs1. The van der Waals surface area contributed by atoms with E-state index in [1.165, 1.54) is 5.01 Å². The average molecular weight is 218 g/mol. The van der Waals surface area contributed by atoms with Gasteiger partial charge in [-0.2, -0.15) is 0 Å². The zero-order chi connectivity index (χ0) is 9.90. The number of hydrogen-bond donors (Lipinski definition) is 0. The van der Waals surface area contributed by atoms with Crippen LogP contribution in [-0.4, -0.2) is 10.9 Å². The molecular weight excluding hydrogens is 202 g/mol. The molecule has 0 aliphatic heterocycles. The minimum absolute atomic E-state index is 0.271. The molecule has 0 aliphatic rings. The molecule has 13 heavy (non-hydrogen) atoms. The zero-order valence-corrected chi connectivity index (χ0v) is 9.95. The molecule has 0 amide bonds. The largest absolute Gasteiger partial charge is 0.250 e. The molecule has 0 bridgehead atoms. The minimum atomic E-state index is 0.271. The van der Waals surface area contributed by atoms with E-state index in [1.54, 1.807) is 11.3 Å². The van der Waals surface area contributed by atoms with Gasteiger partial charge < -0.3 is 0 Å². The van der Waals surface area contributed by atoms with Crippen molar-refractivity contribution < 1.29 is 0 Å². The summed E-state index contributed by atoms with van der Waals surface area (Å²) < 4.78 is 0. The molecule has 3 heteroatoms. The molecule has 1 atom stereocenters. The van der Waals surface area contributed by atoms with Crippen LogP contribution in [0.1, 0.15) is 25.8 Å². The lowest BCUT2D eigenvalue weighted by Gasteiger charge is -2.28. The van der Waals surface area contributed by atoms with Crippen molar-refractivity contribution in [3.8, 4) is 0 Å². The van der Waals surface area contributed by atoms with Crippen LogP contribution in [0.3, 0.4) is 0 Å². The predicted octanol–water partition coefficient (Wildman–Crippen LogP) is 3.59. The molecule has 1 aromatic heterocycles. The maximum atomic E-state index is 5.95. The van der Waals surface area contributed by atoms with Crippen LogP contribution in [-0.2, 0) is 6.42 Å². The summed E-state index contributed by atoms with van der Waals surface area (Å²) in [6.45, 7) is 6.69. The Balaban J connectivity index is 2.60. The number of halogens is 1. The lowest BCUT2D eigenvalue weighted by molar-refractivity contribution is 0.263. The van der Waals surface area contributed by atoms with Gasteiger partial charge in [-0.15, -0.1) is 22.9 Å². The monoisotopic (exact) mass is 217 g/mol. The van der Waals surface area contributed by atoms with Gasteiger partial charge in [0, 0.05) is 23.9 Å². The fraction of sp³-hybridized carbons (Fsp3) is 0.700. The predicted molar refractivity (Wildman–Crippen MR) is 59.5 cm³/mol. The summed E-state index contributed by atoms with van der Waals surface area (Å²) in [5.74, 6) is 1.23. The van der Waals surface area contributed by atoms with E-state index in [0.29, 0.717) is 11.8 Å². The Morgan fingerprint density at radius 3 is 2.62 bits per heavy atom. The van der Waals surface area contributed by atoms with Crippen LogP contribution in [0.25, 0.3) is 0 Å². The van der Waals surface area contributed by atoms with Gasteiger partial charge in [0.05, 0.1) is 5.01 Å². The van der Waals surface area contributed by atoms with E-state index in [1.807, 2.05) is 11.6 Å². The van der Waals surface area contributed by atoms with E-state index in [2.05, 4.69) is 25.8 Å². The van der Waals surface area contributed by atoms with Crippen LogP contribution >= 0.6 is 22.9 Å². The summed E-state index contributed by atoms with van der Waals surface area (Å²) in [6.07, 6.45) is 2.86. The van der Waals surface area contributed by atoms with Crippen molar-refractivity contribution in [1.29, 1.82) is 0 Å². The van der Waals surface area contributed by atoms with Crippen molar-refractivity contribution in [2.45, 2.75) is 27.2 Å². The van der Waals surface area contributed by atoms with Crippen molar-refractivity contribution in [3.63, 3.8) is 0 Å².